The van der Waals surface area contributed by atoms with E-state index in [2.05, 4.69) is 9.88 Å². The molecule has 0 aliphatic carbocycles. The highest BCUT2D eigenvalue weighted by atomic mass is 16.5. The maximum Gasteiger partial charge on any atom is 0.309 e. The van der Waals surface area contributed by atoms with Crippen molar-refractivity contribution in [2.75, 3.05) is 31.7 Å². The fraction of sp³-hybridized carbons (Fsp3) is 0.571. The van der Waals surface area contributed by atoms with Gasteiger partial charge in [-0.2, -0.15) is 0 Å². The fourth-order valence-corrected chi connectivity index (χ4v) is 2.30. The van der Waals surface area contributed by atoms with E-state index in [1.807, 2.05) is 19.1 Å². The normalized spacial score (nSPS) is 16.2. The van der Waals surface area contributed by atoms with Crippen LogP contribution < -0.4 is 9.64 Å². The average Bonchev–Trinajstić information content (AvgIpc) is 2.48. The minimum Gasteiger partial charge on any atom is -0.497 e. The molecule has 2 rings (SSSR count). The molecule has 2 heterocycles. The molecule has 0 saturated carbocycles. The summed E-state index contributed by atoms with van der Waals surface area (Å²) in [7, 11) is 1.64. The van der Waals surface area contributed by atoms with Crippen molar-refractivity contribution in [2.24, 2.45) is 5.92 Å². The van der Waals surface area contributed by atoms with Crippen LogP contribution in [0.4, 0.5) is 5.82 Å². The standard InChI is InChI=1S/C14H20N2O3/c1-3-19-14(17)11-5-8-16(9-6-11)13-10-12(18-2)4-7-15-13/h4,7,10-11H,3,5-6,8-9H2,1-2H3. The van der Waals surface area contributed by atoms with E-state index in [0.717, 1.165) is 37.5 Å². The first-order valence-corrected chi connectivity index (χ1v) is 6.66. The van der Waals surface area contributed by atoms with E-state index in [9.17, 15) is 4.79 Å². The Hall–Kier alpha value is -1.78. The summed E-state index contributed by atoms with van der Waals surface area (Å²) in [5.41, 5.74) is 0. The van der Waals surface area contributed by atoms with Crippen molar-refractivity contribution in [3.8, 4) is 5.75 Å². The van der Waals surface area contributed by atoms with Crippen LogP contribution in [0.5, 0.6) is 5.75 Å². The summed E-state index contributed by atoms with van der Waals surface area (Å²) >= 11 is 0. The minimum absolute atomic E-state index is 0.0295. The molecule has 0 bridgehead atoms. The molecule has 104 valence electrons. The summed E-state index contributed by atoms with van der Waals surface area (Å²) in [6, 6.07) is 3.75. The molecular formula is C14H20N2O3. The van der Waals surface area contributed by atoms with Crippen molar-refractivity contribution >= 4 is 11.8 Å². The third-order valence-corrected chi connectivity index (χ3v) is 3.39. The Balaban J connectivity index is 1.94. The van der Waals surface area contributed by atoms with Crippen LogP contribution >= 0.6 is 0 Å². The van der Waals surface area contributed by atoms with Gasteiger partial charge in [-0.3, -0.25) is 4.79 Å². The second kappa shape index (κ2) is 6.41. The van der Waals surface area contributed by atoms with Gasteiger partial charge in [-0.25, -0.2) is 4.98 Å². The summed E-state index contributed by atoms with van der Waals surface area (Å²) < 4.78 is 10.3. The Morgan fingerprint density at radius 3 is 2.84 bits per heavy atom. The molecule has 0 atom stereocenters. The van der Waals surface area contributed by atoms with Crippen LogP contribution in [-0.2, 0) is 9.53 Å². The zero-order chi connectivity index (χ0) is 13.7. The van der Waals surface area contributed by atoms with Crippen LogP contribution in [0.1, 0.15) is 19.8 Å². The minimum atomic E-state index is -0.0687. The number of anilines is 1. The lowest BCUT2D eigenvalue weighted by Crippen LogP contribution is -2.37. The van der Waals surface area contributed by atoms with Crippen molar-refractivity contribution in [1.82, 2.24) is 4.98 Å². The van der Waals surface area contributed by atoms with E-state index in [1.165, 1.54) is 0 Å². The number of hydrogen-bond acceptors (Lipinski definition) is 5. The predicted octanol–water partition coefficient (Wildman–Crippen LogP) is 1.87. The Bertz CT molecular complexity index is 428. The number of hydrogen-bond donors (Lipinski definition) is 0. The molecule has 0 unspecified atom stereocenters. The van der Waals surface area contributed by atoms with E-state index < -0.39 is 0 Å². The summed E-state index contributed by atoms with van der Waals surface area (Å²) in [6.07, 6.45) is 3.38. The lowest BCUT2D eigenvalue weighted by molar-refractivity contribution is -0.148. The summed E-state index contributed by atoms with van der Waals surface area (Å²) in [4.78, 5) is 18.2. The van der Waals surface area contributed by atoms with Crippen molar-refractivity contribution in [2.45, 2.75) is 19.8 Å². The maximum absolute atomic E-state index is 11.7. The van der Waals surface area contributed by atoms with Crippen LogP contribution in [0.2, 0.25) is 0 Å². The van der Waals surface area contributed by atoms with Crippen LogP contribution in [-0.4, -0.2) is 37.8 Å². The summed E-state index contributed by atoms with van der Waals surface area (Å²) in [5.74, 6) is 1.67. The van der Waals surface area contributed by atoms with Gasteiger partial charge in [0.15, 0.2) is 0 Å². The van der Waals surface area contributed by atoms with Crippen LogP contribution in [0.25, 0.3) is 0 Å². The number of nitrogens with zero attached hydrogens (tertiary/aromatic N) is 2. The molecule has 1 fully saturated rings. The molecule has 1 saturated heterocycles. The second-order valence-electron chi connectivity index (χ2n) is 4.57. The third-order valence-electron chi connectivity index (χ3n) is 3.39. The fourth-order valence-electron chi connectivity index (χ4n) is 2.30. The van der Waals surface area contributed by atoms with Gasteiger partial charge in [0.1, 0.15) is 11.6 Å². The van der Waals surface area contributed by atoms with Gasteiger partial charge >= 0.3 is 5.97 Å². The molecule has 0 amide bonds. The number of esters is 1. The summed E-state index contributed by atoms with van der Waals surface area (Å²) in [6.45, 7) is 3.94. The molecule has 1 aliphatic rings. The van der Waals surface area contributed by atoms with Crippen LogP contribution in [0, 0.1) is 5.92 Å². The first-order valence-electron chi connectivity index (χ1n) is 6.66. The monoisotopic (exact) mass is 264 g/mol. The van der Waals surface area contributed by atoms with Gasteiger partial charge in [0, 0.05) is 25.4 Å². The van der Waals surface area contributed by atoms with Crippen molar-refractivity contribution in [3.63, 3.8) is 0 Å². The zero-order valence-electron chi connectivity index (χ0n) is 11.5. The van der Waals surface area contributed by atoms with Gasteiger partial charge in [0.25, 0.3) is 0 Å². The van der Waals surface area contributed by atoms with E-state index >= 15 is 0 Å². The Morgan fingerprint density at radius 2 is 2.21 bits per heavy atom. The highest BCUT2D eigenvalue weighted by molar-refractivity contribution is 5.72. The lowest BCUT2D eigenvalue weighted by Gasteiger charge is -2.31. The summed E-state index contributed by atoms with van der Waals surface area (Å²) in [5, 5.41) is 0. The van der Waals surface area contributed by atoms with E-state index in [1.54, 1.807) is 13.3 Å². The van der Waals surface area contributed by atoms with Gasteiger partial charge in [-0.15, -0.1) is 0 Å². The van der Waals surface area contributed by atoms with Gasteiger partial charge in [-0.1, -0.05) is 0 Å². The lowest BCUT2D eigenvalue weighted by atomic mass is 9.97. The molecule has 0 N–H and O–H groups in total. The second-order valence-corrected chi connectivity index (χ2v) is 4.57. The van der Waals surface area contributed by atoms with Gasteiger partial charge in [-0.05, 0) is 25.8 Å². The van der Waals surface area contributed by atoms with E-state index in [0.29, 0.717) is 6.61 Å². The van der Waals surface area contributed by atoms with Gasteiger partial charge in [0.05, 0.1) is 19.6 Å². The highest BCUT2D eigenvalue weighted by Gasteiger charge is 2.26. The van der Waals surface area contributed by atoms with Gasteiger partial charge in [0.2, 0.25) is 0 Å². The number of piperidine rings is 1. The van der Waals surface area contributed by atoms with Crippen molar-refractivity contribution in [3.05, 3.63) is 18.3 Å². The van der Waals surface area contributed by atoms with Crippen LogP contribution in [0.15, 0.2) is 18.3 Å². The molecule has 5 heteroatoms. The van der Waals surface area contributed by atoms with Crippen LogP contribution in [0.3, 0.4) is 0 Å². The van der Waals surface area contributed by atoms with Crippen molar-refractivity contribution < 1.29 is 14.3 Å². The molecule has 0 spiro atoms. The first kappa shape index (κ1) is 13.6. The SMILES string of the molecule is CCOC(=O)C1CCN(c2cc(OC)ccn2)CC1. The molecule has 1 aromatic heterocycles. The molecule has 0 aromatic carbocycles. The average molecular weight is 264 g/mol. The third kappa shape index (κ3) is 3.36. The zero-order valence-corrected chi connectivity index (χ0v) is 11.5. The number of ether oxygens (including phenoxy) is 2. The molecule has 0 radical (unpaired) electrons. The Kier molecular flexibility index (Phi) is 4.60. The van der Waals surface area contributed by atoms with E-state index in [-0.39, 0.29) is 11.9 Å². The quantitative estimate of drug-likeness (QED) is 0.777. The number of carbonyl (C=O) groups excluding carboxylic acids is 1. The Labute approximate surface area is 113 Å². The van der Waals surface area contributed by atoms with E-state index in [4.69, 9.17) is 9.47 Å². The topological polar surface area (TPSA) is 51.7 Å². The highest BCUT2D eigenvalue weighted by Crippen LogP contribution is 2.24. The van der Waals surface area contributed by atoms with Gasteiger partial charge < -0.3 is 14.4 Å². The number of aromatic nitrogens is 1. The number of methoxy groups -OCH3 is 1. The molecule has 1 aromatic rings. The largest absolute Gasteiger partial charge is 0.497 e. The maximum atomic E-state index is 11.7. The molecule has 19 heavy (non-hydrogen) atoms. The predicted molar refractivity (Wildman–Crippen MR) is 72.4 cm³/mol. The van der Waals surface area contributed by atoms with Crippen molar-refractivity contribution in [1.29, 1.82) is 0 Å². The molecule has 1 aliphatic heterocycles. The number of carbonyl (C=O) groups is 1. The number of rotatable bonds is 4. The molecular weight excluding hydrogens is 244 g/mol. The molecule has 5 nitrogen and oxygen atoms in total. The smallest absolute Gasteiger partial charge is 0.309 e. The number of pyridine rings is 1. The first-order chi connectivity index (χ1) is 9.24. The Morgan fingerprint density at radius 1 is 1.47 bits per heavy atom.